The van der Waals surface area contributed by atoms with Crippen molar-refractivity contribution in [3.8, 4) is 5.75 Å². The monoisotopic (exact) mass is 355 g/mol. The van der Waals surface area contributed by atoms with Gasteiger partial charge in [-0.3, -0.25) is 0 Å². The van der Waals surface area contributed by atoms with Crippen molar-refractivity contribution in [3.63, 3.8) is 0 Å². The average molecular weight is 355 g/mol. The molecule has 0 saturated heterocycles. The Balaban J connectivity index is 2.00. The van der Waals surface area contributed by atoms with E-state index < -0.39 is 18.1 Å². The quantitative estimate of drug-likeness (QED) is 0.588. The zero-order chi connectivity index (χ0) is 18.9. The summed E-state index contributed by atoms with van der Waals surface area (Å²) in [6, 6.07) is 14.6. The highest BCUT2D eigenvalue weighted by Gasteiger charge is 2.24. The number of hydrogen-bond donors (Lipinski definition) is 2. The SMILES string of the molecule is C=C(C)OC(=O)[C@H](Cc1ccc(O)cc1)NC(=O)OCc1ccccc1. The zero-order valence-corrected chi connectivity index (χ0v) is 14.5. The largest absolute Gasteiger partial charge is 0.508 e. The van der Waals surface area contributed by atoms with Gasteiger partial charge in [0.2, 0.25) is 0 Å². The summed E-state index contributed by atoms with van der Waals surface area (Å²) in [4.78, 5) is 24.3. The molecule has 0 radical (unpaired) electrons. The number of phenolic OH excluding ortho intramolecular Hbond substituents is 1. The smallest absolute Gasteiger partial charge is 0.408 e. The van der Waals surface area contributed by atoms with Gasteiger partial charge in [-0.05, 0) is 30.2 Å². The summed E-state index contributed by atoms with van der Waals surface area (Å²) in [5.74, 6) is -0.294. The molecule has 0 bridgehead atoms. The van der Waals surface area contributed by atoms with Gasteiger partial charge in [-0.15, -0.1) is 0 Å². The second kappa shape index (κ2) is 9.27. The fourth-order valence-electron chi connectivity index (χ4n) is 2.21. The number of rotatable bonds is 7. The molecular weight excluding hydrogens is 334 g/mol. The van der Waals surface area contributed by atoms with Crippen molar-refractivity contribution in [2.75, 3.05) is 0 Å². The molecule has 1 atom stereocenters. The van der Waals surface area contributed by atoms with Crippen LogP contribution in [0.5, 0.6) is 5.75 Å². The van der Waals surface area contributed by atoms with E-state index >= 15 is 0 Å². The van der Waals surface area contributed by atoms with Gasteiger partial charge in [-0.2, -0.15) is 0 Å². The van der Waals surface area contributed by atoms with Crippen LogP contribution in [0.4, 0.5) is 4.79 Å². The highest BCUT2D eigenvalue weighted by atomic mass is 16.6. The highest BCUT2D eigenvalue weighted by molar-refractivity contribution is 5.82. The molecule has 0 fully saturated rings. The summed E-state index contributed by atoms with van der Waals surface area (Å²) in [7, 11) is 0. The molecule has 0 aliphatic heterocycles. The molecule has 0 aromatic heterocycles. The molecular formula is C20H21NO5. The van der Waals surface area contributed by atoms with Gasteiger partial charge in [0, 0.05) is 6.42 Å². The molecule has 0 heterocycles. The second-order valence-corrected chi connectivity index (χ2v) is 5.75. The van der Waals surface area contributed by atoms with E-state index in [1.54, 1.807) is 19.1 Å². The molecule has 6 heteroatoms. The third-order valence-electron chi connectivity index (χ3n) is 3.44. The van der Waals surface area contributed by atoms with Crippen LogP contribution in [0.2, 0.25) is 0 Å². The van der Waals surface area contributed by atoms with Gasteiger partial charge in [0.25, 0.3) is 0 Å². The third-order valence-corrected chi connectivity index (χ3v) is 3.44. The fourth-order valence-corrected chi connectivity index (χ4v) is 2.21. The van der Waals surface area contributed by atoms with Crippen LogP contribution in [0.15, 0.2) is 66.9 Å². The molecule has 0 unspecified atom stereocenters. The standard InChI is InChI=1S/C20H21NO5/c1-14(2)26-19(23)18(12-15-8-10-17(22)11-9-15)21-20(24)25-13-16-6-4-3-5-7-16/h3-11,18,22H,1,12-13H2,2H3,(H,21,24)/t18-/m0/s1. The summed E-state index contributed by atoms with van der Waals surface area (Å²) < 4.78 is 10.2. The summed E-state index contributed by atoms with van der Waals surface area (Å²) in [5.41, 5.74) is 1.58. The topological polar surface area (TPSA) is 84.9 Å². The Bertz CT molecular complexity index is 756. The van der Waals surface area contributed by atoms with E-state index in [-0.39, 0.29) is 24.5 Å². The van der Waals surface area contributed by atoms with Crippen molar-refractivity contribution in [1.29, 1.82) is 0 Å². The van der Waals surface area contributed by atoms with Crippen molar-refractivity contribution in [3.05, 3.63) is 78.1 Å². The molecule has 2 aromatic rings. The number of allylic oxidation sites excluding steroid dienone is 1. The summed E-state index contributed by atoms with van der Waals surface area (Å²) >= 11 is 0. The van der Waals surface area contributed by atoms with Crippen LogP contribution in [-0.4, -0.2) is 23.2 Å². The molecule has 2 rings (SSSR count). The van der Waals surface area contributed by atoms with Crippen molar-refractivity contribution >= 4 is 12.1 Å². The number of alkyl carbamates (subject to hydrolysis) is 1. The maximum atomic E-state index is 12.2. The minimum atomic E-state index is -0.945. The van der Waals surface area contributed by atoms with Gasteiger partial charge in [-0.25, -0.2) is 9.59 Å². The Kier molecular flexibility index (Phi) is 6.79. The molecule has 0 spiro atoms. The Morgan fingerprint density at radius 3 is 2.35 bits per heavy atom. The first kappa shape index (κ1) is 19.1. The number of esters is 1. The molecule has 6 nitrogen and oxygen atoms in total. The molecule has 1 amide bonds. The zero-order valence-electron chi connectivity index (χ0n) is 14.5. The van der Waals surface area contributed by atoms with Crippen LogP contribution in [-0.2, 0) is 27.3 Å². The third kappa shape index (κ3) is 6.32. The van der Waals surface area contributed by atoms with E-state index in [1.807, 2.05) is 30.3 Å². The number of benzene rings is 2. The van der Waals surface area contributed by atoms with E-state index in [9.17, 15) is 14.7 Å². The highest BCUT2D eigenvalue weighted by Crippen LogP contribution is 2.12. The van der Waals surface area contributed by atoms with Crippen LogP contribution < -0.4 is 5.32 Å². The second-order valence-electron chi connectivity index (χ2n) is 5.75. The molecule has 0 aliphatic rings. The lowest BCUT2D eigenvalue weighted by Crippen LogP contribution is -2.43. The Hall–Kier alpha value is -3.28. The first-order valence-corrected chi connectivity index (χ1v) is 8.06. The molecule has 136 valence electrons. The number of hydrogen-bond acceptors (Lipinski definition) is 5. The fraction of sp³-hybridized carbons (Fsp3) is 0.200. The van der Waals surface area contributed by atoms with E-state index in [0.717, 1.165) is 11.1 Å². The van der Waals surface area contributed by atoms with E-state index in [0.29, 0.717) is 0 Å². The van der Waals surface area contributed by atoms with Gasteiger partial charge in [-0.1, -0.05) is 49.0 Å². The lowest BCUT2D eigenvalue weighted by molar-refractivity contribution is -0.141. The minimum Gasteiger partial charge on any atom is -0.508 e. The number of carbonyl (C=O) groups excluding carboxylic acids is 2. The molecule has 26 heavy (non-hydrogen) atoms. The van der Waals surface area contributed by atoms with Gasteiger partial charge < -0.3 is 19.9 Å². The maximum Gasteiger partial charge on any atom is 0.408 e. The number of amides is 1. The molecule has 0 aliphatic carbocycles. The number of aromatic hydroxyl groups is 1. The van der Waals surface area contributed by atoms with Crippen LogP contribution >= 0.6 is 0 Å². The predicted octanol–water partition coefficient (Wildman–Crippen LogP) is 3.31. The Morgan fingerprint density at radius 1 is 1.08 bits per heavy atom. The van der Waals surface area contributed by atoms with Crippen LogP contribution in [0.25, 0.3) is 0 Å². The summed E-state index contributed by atoms with van der Waals surface area (Å²) in [6.07, 6.45) is -0.538. The normalized spacial score (nSPS) is 11.3. The van der Waals surface area contributed by atoms with Crippen LogP contribution in [0, 0.1) is 0 Å². The Labute approximate surface area is 152 Å². The Morgan fingerprint density at radius 2 is 1.73 bits per heavy atom. The number of nitrogens with one attached hydrogen (secondary N) is 1. The van der Waals surface area contributed by atoms with Crippen LogP contribution in [0.1, 0.15) is 18.1 Å². The minimum absolute atomic E-state index is 0.0914. The van der Waals surface area contributed by atoms with Gasteiger partial charge in [0.15, 0.2) is 0 Å². The van der Waals surface area contributed by atoms with Crippen molar-refractivity contribution in [2.45, 2.75) is 26.0 Å². The average Bonchev–Trinajstić information content (AvgIpc) is 2.61. The number of carbonyl (C=O) groups is 2. The van der Waals surface area contributed by atoms with E-state index in [1.165, 1.54) is 12.1 Å². The number of phenols is 1. The van der Waals surface area contributed by atoms with Gasteiger partial charge in [0.05, 0.1) is 5.76 Å². The predicted molar refractivity (Wildman–Crippen MR) is 96.3 cm³/mol. The molecule has 2 aromatic carbocycles. The van der Waals surface area contributed by atoms with Crippen molar-refractivity contribution in [1.82, 2.24) is 5.32 Å². The lowest BCUT2D eigenvalue weighted by Gasteiger charge is -2.17. The van der Waals surface area contributed by atoms with Crippen LogP contribution in [0.3, 0.4) is 0 Å². The van der Waals surface area contributed by atoms with E-state index in [4.69, 9.17) is 9.47 Å². The summed E-state index contributed by atoms with van der Waals surface area (Å²) in [5, 5.41) is 11.9. The van der Waals surface area contributed by atoms with Gasteiger partial charge in [0.1, 0.15) is 18.4 Å². The first-order chi connectivity index (χ1) is 12.4. The van der Waals surface area contributed by atoms with Gasteiger partial charge >= 0.3 is 12.1 Å². The van der Waals surface area contributed by atoms with E-state index in [2.05, 4.69) is 11.9 Å². The van der Waals surface area contributed by atoms with Crippen molar-refractivity contribution in [2.24, 2.45) is 0 Å². The van der Waals surface area contributed by atoms with Crippen molar-refractivity contribution < 1.29 is 24.2 Å². The maximum absolute atomic E-state index is 12.2. The first-order valence-electron chi connectivity index (χ1n) is 8.06. The summed E-state index contributed by atoms with van der Waals surface area (Å²) in [6.45, 7) is 5.17. The molecule has 2 N–H and O–H groups in total. The molecule has 0 saturated carbocycles. The lowest BCUT2D eigenvalue weighted by atomic mass is 10.1. The number of ether oxygens (including phenoxy) is 2.